The fraction of sp³-hybridized carbons (Fsp3) is 0.500. The molecule has 1 aromatic rings. The van der Waals surface area contributed by atoms with E-state index in [1.165, 1.54) is 7.05 Å². The topological polar surface area (TPSA) is 92.6 Å². The molecular formula is C12H15ClF3N3O4S. The van der Waals surface area contributed by atoms with E-state index in [4.69, 9.17) is 0 Å². The summed E-state index contributed by atoms with van der Waals surface area (Å²) in [7, 11) is -3.22. The van der Waals surface area contributed by atoms with Crippen molar-refractivity contribution in [1.82, 2.24) is 9.62 Å². The molecule has 1 atom stereocenters. The van der Waals surface area contributed by atoms with Gasteiger partial charge in [0.25, 0.3) is 5.69 Å². The van der Waals surface area contributed by atoms with Gasteiger partial charge in [-0.3, -0.25) is 10.1 Å². The number of alkyl halides is 3. The molecule has 1 fully saturated rings. The van der Waals surface area contributed by atoms with Crippen LogP contribution in [-0.2, 0) is 16.2 Å². The van der Waals surface area contributed by atoms with Crippen molar-refractivity contribution < 1.29 is 26.5 Å². The first kappa shape index (κ1) is 20.6. The maximum Gasteiger partial charge on any atom is 0.417 e. The SMILES string of the molecule is CN(C1CCNC1)S(=O)(=O)c1ccc([N+](=O)[O-])cc1C(F)(F)F.Cl. The van der Waals surface area contributed by atoms with Crippen LogP contribution in [0.1, 0.15) is 12.0 Å². The molecule has 0 bridgehead atoms. The van der Waals surface area contributed by atoms with Gasteiger partial charge in [-0.1, -0.05) is 0 Å². The lowest BCUT2D eigenvalue weighted by molar-refractivity contribution is -0.385. The van der Waals surface area contributed by atoms with E-state index in [-0.39, 0.29) is 18.5 Å². The van der Waals surface area contributed by atoms with Crippen molar-refractivity contribution in [2.75, 3.05) is 20.1 Å². The normalized spacial score (nSPS) is 18.5. The molecule has 12 heteroatoms. The van der Waals surface area contributed by atoms with E-state index in [1.54, 1.807) is 0 Å². The second kappa shape index (κ2) is 7.21. The van der Waals surface area contributed by atoms with E-state index < -0.39 is 43.3 Å². The summed E-state index contributed by atoms with van der Waals surface area (Å²) < 4.78 is 65.3. The van der Waals surface area contributed by atoms with Crippen LogP contribution in [0.3, 0.4) is 0 Å². The molecule has 1 aromatic carbocycles. The van der Waals surface area contributed by atoms with Crippen LogP contribution >= 0.6 is 12.4 Å². The molecule has 1 aliphatic heterocycles. The second-order valence-corrected chi connectivity index (χ2v) is 7.07. The predicted octanol–water partition coefficient (Wildman–Crippen LogP) is 2.02. The Bertz CT molecular complexity index is 721. The van der Waals surface area contributed by atoms with Crippen molar-refractivity contribution in [2.24, 2.45) is 0 Å². The molecule has 0 saturated carbocycles. The van der Waals surface area contributed by atoms with E-state index in [0.29, 0.717) is 25.6 Å². The lowest BCUT2D eigenvalue weighted by Gasteiger charge is -2.24. The number of benzene rings is 1. The first-order chi connectivity index (χ1) is 10.5. The monoisotopic (exact) mass is 389 g/mol. The molecule has 0 radical (unpaired) electrons. The van der Waals surface area contributed by atoms with Gasteiger partial charge in [-0.25, -0.2) is 8.42 Å². The van der Waals surface area contributed by atoms with Crippen LogP contribution in [0.15, 0.2) is 23.1 Å². The first-order valence-corrected chi connectivity index (χ1v) is 8.03. The maximum atomic E-state index is 13.1. The molecule has 0 spiro atoms. The number of nitro groups is 1. The second-order valence-electron chi connectivity index (χ2n) is 5.10. The van der Waals surface area contributed by atoms with Gasteiger partial charge in [0.15, 0.2) is 0 Å². The molecule has 1 aliphatic rings. The number of likely N-dealkylation sites (N-methyl/N-ethyl adjacent to an activating group) is 1. The summed E-state index contributed by atoms with van der Waals surface area (Å²) in [6, 6.07) is 1.17. The lowest BCUT2D eigenvalue weighted by atomic mass is 10.2. The van der Waals surface area contributed by atoms with Crippen molar-refractivity contribution in [3.63, 3.8) is 0 Å². The van der Waals surface area contributed by atoms with E-state index in [0.717, 1.165) is 10.4 Å². The minimum atomic E-state index is -5.02. The average molecular weight is 390 g/mol. The van der Waals surface area contributed by atoms with Crippen molar-refractivity contribution in [3.05, 3.63) is 33.9 Å². The van der Waals surface area contributed by atoms with E-state index >= 15 is 0 Å². The average Bonchev–Trinajstić information content (AvgIpc) is 2.98. The number of hydrogen-bond acceptors (Lipinski definition) is 5. The molecule has 24 heavy (non-hydrogen) atoms. The molecule has 1 saturated heterocycles. The van der Waals surface area contributed by atoms with Gasteiger partial charge in [-0.05, 0) is 19.0 Å². The number of nitrogens with zero attached hydrogens (tertiary/aromatic N) is 2. The number of hydrogen-bond donors (Lipinski definition) is 1. The molecule has 1 heterocycles. The van der Waals surface area contributed by atoms with Gasteiger partial charge in [0.05, 0.1) is 15.4 Å². The van der Waals surface area contributed by atoms with E-state index in [2.05, 4.69) is 5.32 Å². The summed E-state index contributed by atoms with van der Waals surface area (Å²) >= 11 is 0. The molecule has 0 amide bonds. The molecule has 1 N–H and O–H groups in total. The Kier molecular flexibility index (Phi) is 6.20. The van der Waals surface area contributed by atoms with Gasteiger partial charge in [-0.2, -0.15) is 17.5 Å². The third kappa shape index (κ3) is 3.97. The van der Waals surface area contributed by atoms with Crippen molar-refractivity contribution in [3.8, 4) is 0 Å². The Labute approximate surface area is 142 Å². The molecule has 136 valence electrons. The van der Waals surface area contributed by atoms with Crippen LogP contribution < -0.4 is 5.32 Å². The Morgan fingerprint density at radius 3 is 2.46 bits per heavy atom. The minimum absolute atomic E-state index is 0. The lowest BCUT2D eigenvalue weighted by Crippen LogP contribution is -2.39. The van der Waals surface area contributed by atoms with E-state index in [9.17, 15) is 31.7 Å². The molecular weight excluding hydrogens is 375 g/mol. The highest BCUT2D eigenvalue weighted by atomic mass is 35.5. The Morgan fingerprint density at radius 1 is 1.38 bits per heavy atom. The van der Waals surface area contributed by atoms with Crippen LogP contribution in [0.25, 0.3) is 0 Å². The largest absolute Gasteiger partial charge is 0.417 e. The van der Waals surface area contributed by atoms with Crippen LogP contribution in [0.4, 0.5) is 18.9 Å². The number of nitrogens with one attached hydrogen (secondary N) is 1. The highest BCUT2D eigenvalue weighted by Gasteiger charge is 2.41. The summed E-state index contributed by atoms with van der Waals surface area (Å²) in [4.78, 5) is 8.67. The zero-order chi connectivity index (χ0) is 17.4. The molecule has 1 unspecified atom stereocenters. The van der Waals surface area contributed by atoms with Crippen molar-refractivity contribution in [2.45, 2.75) is 23.5 Å². The van der Waals surface area contributed by atoms with Crippen LogP contribution in [0, 0.1) is 10.1 Å². The van der Waals surface area contributed by atoms with Crippen LogP contribution in [0.2, 0.25) is 0 Å². The summed E-state index contributed by atoms with van der Waals surface area (Å²) in [5.41, 5.74) is -2.36. The van der Waals surface area contributed by atoms with Gasteiger partial charge in [0.1, 0.15) is 0 Å². The smallest absolute Gasteiger partial charge is 0.315 e. The van der Waals surface area contributed by atoms with E-state index in [1.807, 2.05) is 0 Å². The quantitative estimate of drug-likeness (QED) is 0.628. The molecule has 0 aliphatic carbocycles. The summed E-state index contributed by atoms with van der Waals surface area (Å²) in [6.45, 7) is 0.904. The van der Waals surface area contributed by atoms with Gasteiger partial charge in [0, 0.05) is 31.8 Å². The Morgan fingerprint density at radius 2 is 2.00 bits per heavy atom. The zero-order valence-electron chi connectivity index (χ0n) is 12.4. The third-order valence-electron chi connectivity index (χ3n) is 3.68. The minimum Gasteiger partial charge on any atom is -0.315 e. The fourth-order valence-corrected chi connectivity index (χ4v) is 3.95. The van der Waals surface area contributed by atoms with Crippen LogP contribution in [-0.4, -0.2) is 43.8 Å². The van der Waals surface area contributed by atoms with Crippen molar-refractivity contribution in [1.29, 1.82) is 0 Å². The standard InChI is InChI=1S/C12H14F3N3O4S.ClH/c1-17(9-4-5-16-7-9)23(21,22)11-3-2-8(18(19)20)6-10(11)12(13,14)15;/h2-3,6,9,16H,4-5,7H2,1H3;1H. The maximum absolute atomic E-state index is 13.1. The highest BCUT2D eigenvalue weighted by molar-refractivity contribution is 7.89. The van der Waals surface area contributed by atoms with Gasteiger partial charge in [0.2, 0.25) is 10.0 Å². The fourth-order valence-electron chi connectivity index (χ4n) is 2.38. The third-order valence-corrected chi connectivity index (χ3v) is 5.65. The molecule has 7 nitrogen and oxygen atoms in total. The predicted molar refractivity (Wildman–Crippen MR) is 81.6 cm³/mol. The number of nitro benzene ring substituents is 1. The highest BCUT2D eigenvalue weighted by Crippen LogP contribution is 2.37. The van der Waals surface area contributed by atoms with Crippen molar-refractivity contribution >= 4 is 28.1 Å². The first-order valence-electron chi connectivity index (χ1n) is 6.59. The number of sulfonamides is 1. The number of halogens is 4. The summed E-state index contributed by atoms with van der Waals surface area (Å²) in [5, 5.41) is 13.6. The van der Waals surface area contributed by atoms with Gasteiger partial charge >= 0.3 is 6.18 Å². The number of non-ortho nitro benzene ring substituents is 1. The Balaban J connectivity index is 0.00000288. The van der Waals surface area contributed by atoms with Gasteiger partial charge in [-0.15, -0.1) is 12.4 Å². The summed E-state index contributed by atoms with van der Waals surface area (Å²) in [5.74, 6) is 0. The Hall–Kier alpha value is -1.43. The van der Waals surface area contributed by atoms with Gasteiger partial charge < -0.3 is 5.32 Å². The molecule has 2 rings (SSSR count). The van der Waals surface area contributed by atoms with Crippen LogP contribution in [0.5, 0.6) is 0 Å². The summed E-state index contributed by atoms with van der Waals surface area (Å²) in [6.07, 6.45) is -4.55. The number of rotatable bonds is 4. The molecule has 0 aromatic heterocycles. The zero-order valence-corrected chi connectivity index (χ0v) is 14.0.